The molecular weight excluding hydrogens is 413 g/mol. The van der Waals surface area contributed by atoms with Crippen LogP contribution in [0.1, 0.15) is 0 Å². The normalized spacial score (nSPS) is 11.0. The van der Waals surface area contributed by atoms with Gasteiger partial charge in [-0.2, -0.15) is 0 Å². The zero-order valence-electron chi connectivity index (χ0n) is 15.5. The van der Waals surface area contributed by atoms with Gasteiger partial charge < -0.3 is 14.6 Å². The smallest absolute Gasteiger partial charge is 0.236 e. The summed E-state index contributed by atoms with van der Waals surface area (Å²) in [6.07, 6.45) is 0. The van der Waals surface area contributed by atoms with Crippen molar-refractivity contribution in [3.8, 4) is 17.1 Å². The number of aromatic nitrogens is 4. The number of ether oxygens (including phenoxy) is 1. The van der Waals surface area contributed by atoms with Crippen LogP contribution in [0, 0.1) is 5.82 Å². The van der Waals surface area contributed by atoms with Gasteiger partial charge in [-0.05, 0) is 42.5 Å². The van der Waals surface area contributed by atoms with E-state index in [1.807, 2.05) is 35.9 Å². The molecule has 0 aliphatic rings. The Morgan fingerprint density at radius 1 is 1.24 bits per heavy atom. The summed E-state index contributed by atoms with van der Waals surface area (Å²) >= 11 is 2.51. The Labute approximate surface area is 173 Å². The van der Waals surface area contributed by atoms with Crippen LogP contribution in [0.2, 0.25) is 0 Å². The van der Waals surface area contributed by atoms with E-state index in [0.29, 0.717) is 26.3 Å². The van der Waals surface area contributed by atoms with Crippen molar-refractivity contribution in [2.45, 2.75) is 5.16 Å². The summed E-state index contributed by atoms with van der Waals surface area (Å²) in [7, 11) is 3.46. The van der Waals surface area contributed by atoms with Crippen LogP contribution in [0.3, 0.4) is 0 Å². The standard InChI is InChI=1S/C19H16FN5O2S2/c1-25-17(11-3-6-13(27-2)7-4-11)23-24-19(25)28-10-16(26)22-18-21-14-8-5-12(20)9-15(14)29-18/h3-9H,10H2,1-2H3,(H,21,22,26). The lowest BCUT2D eigenvalue weighted by Gasteiger charge is -2.05. The number of thioether (sulfide) groups is 1. The maximum Gasteiger partial charge on any atom is 0.236 e. The van der Waals surface area contributed by atoms with E-state index in [9.17, 15) is 9.18 Å². The number of rotatable bonds is 6. The van der Waals surface area contributed by atoms with Gasteiger partial charge in [-0.1, -0.05) is 23.1 Å². The Morgan fingerprint density at radius 2 is 2.03 bits per heavy atom. The molecule has 148 valence electrons. The van der Waals surface area contributed by atoms with E-state index in [1.54, 1.807) is 13.2 Å². The lowest BCUT2D eigenvalue weighted by molar-refractivity contribution is -0.113. The maximum atomic E-state index is 13.3. The number of hydrogen-bond acceptors (Lipinski definition) is 7. The number of methoxy groups -OCH3 is 1. The molecule has 29 heavy (non-hydrogen) atoms. The molecule has 2 aromatic heterocycles. The number of thiazole rings is 1. The van der Waals surface area contributed by atoms with Gasteiger partial charge in [0.25, 0.3) is 0 Å². The fourth-order valence-electron chi connectivity index (χ4n) is 2.67. The highest BCUT2D eigenvalue weighted by atomic mass is 32.2. The SMILES string of the molecule is COc1ccc(-c2nnc(SCC(=O)Nc3nc4ccc(F)cc4s3)n2C)cc1. The van der Waals surface area contributed by atoms with Gasteiger partial charge >= 0.3 is 0 Å². The number of benzene rings is 2. The lowest BCUT2D eigenvalue weighted by Crippen LogP contribution is -2.14. The van der Waals surface area contributed by atoms with E-state index >= 15 is 0 Å². The van der Waals surface area contributed by atoms with Crippen LogP contribution in [0.25, 0.3) is 21.6 Å². The van der Waals surface area contributed by atoms with Crippen molar-refractivity contribution < 1.29 is 13.9 Å². The third-order valence-electron chi connectivity index (χ3n) is 4.11. The van der Waals surface area contributed by atoms with Crippen molar-refractivity contribution in [3.05, 3.63) is 48.3 Å². The van der Waals surface area contributed by atoms with Gasteiger partial charge in [-0.15, -0.1) is 10.2 Å². The van der Waals surface area contributed by atoms with Crippen LogP contribution in [0.5, 0.6) is 5.75 Å². The number of halogens is 1. The second kappa shape index (κ2) is 8.18. The fraction of sp³-hybridized carbons (Fsp3) is 0.158. The summed E-state index contributed by atoms with van der Waals surface area (Å²) in [5.74, 6) is 1.07. The van der Waals surface area contributed by atoms with Crippen molar-refractivity contribution in [1.29, 1.82) is 0 Å². The summed E-state index contributed by atoms with van der Waals surface area (Å²) in [6.45, 7) is 0. The molecule has 0 fully saturated rings. The summed E-state index contributed by atoms with van der Waals surface area (Å²) in [5.41, 5.74) is 1.55. The highest BCUT2D eigenvalue weighted by Crippen LogP contribution is 2.27. The van der Waals surface area contributed by atoms with E-state index in [1.165, 1.54) is 35.2 Å². The van der Waals surface area contributed by atoms with Crippen LogP contribution >= 0.6 is 23.1 Å². The zero-order chi connectivity index (χ0) is 20.4. The predicted molar refractivity (Wildman–Crippen MR) is 112 cm³/mol. The van der Waals surface area contributed by atoms with E-state index in [-0.39, 0.29) is 17.5 Å². The molecule has 10 heteroatoms. The summed E-state index contributed by atoms with van der Waals surface area (Å²) in [5, 5.41) is 12.2. The molecule has 0 saturated carbocycles. The average molecular weight is 430 g/mol. The van der Waals surface area contributed by atoms with Gasteiger partial charge in [0.2, 0.25) is 5.91 Å². The molecule has 1 N–H and O–H groups in total. The van der Waals surface area contributed by atoms with Crippen molar-refractivity contribution >= 4 is 44.4 Å². The Morgan fingerprint density at radius 3 is 2.79 bits per heavy atom. The number of nitrogens with zero attached hydrogens (tertiary/aromatic N) is 4. The number of anilines is 1. The highest BCUT2D eigenvalue weighted by molar-refractivity contribution is 7.99. The number of nitrogens with one attached hydrogen (secondary N) is 1. The first kappa shape index (κ1) is 19.3. The lowest BCUT2D eigenvalue weighted by atomic mass is 10.2. The molecule has 0 aliphatic carbocycles. The number of fused-ring (bicyclic) bond motifs is 1. The molecule has 4 rings (SSSR count). The summed E-state index contributed by atoms with van der Waals surface area (Å²) in [6, 6.07) is 11.9. The van der Waals surface area contributed by atoms with Gasteiger partial charge in [-0.25, -0.2) is 9.37 Å². The minimum Gasteiger partial charge on any atom is -0.497 e. The Bertz CT molecular complexity index is 1170. The van der Waals surface area contributed by atoms with E-state index in [2.05, 4.69) is 20.5 Å². The second-order valence-corrected chi connectivity index (χ2v) is 8.03. The Kier molecular flexibility index (Phi) is 5.45. The molecule has 0 spiro atoms. The minimum atomic E-state index is -0.329. The number of amides is 1. The Hall–Kier alpha value is -2.98. The predicted octanol–water partition coefficient (Wildman–Crippen LogP) is 3.97. The van der Waals surface area contributed by atoms with Crippen LogP contribution < -0.4 is 10.1 Å². The zero-order valence-corrected chi connectivity index (χ0v) is 17.2. The van der Waals surface area contributed by atoms with E-state index in [4.69, 9.17) is 4.74 Å². The topological polar surface area (TPSA) is 81.9 Å². The first-order valence-electron chi connectivity index (χ1n) is 8.56. The minimum absolute atomic E-state index is 0.152. The van der Waals surface area contributed by atoms with Crippen molar-refractivity contribution in [3.63, 3.8) is 0 Å². The Balaban J connectivity index is 1.40. The molecule has 2 heterocycles. The van der Waals surface area contributed by atoms with Crippen LogP contribution in [-0.2, 0) is 11.8 Å². The van der Waals surface area contributed by atoms with Gasteiger partial charge in [0.05, 0.1) is 23.1 Å². The molecule has 1 amide bonds. The largest absolute Gasteiger partial charge is 0.497 e. The van der Waals surface area contributed by atoms with Crippen molar-refractivity contribution in [2.75, 3.05) is 18.2 Å². The first-order valence-corrected chi connectivity index (χ1v) is 10.4. The molecule has 0 radical (unpaired) electrons. The van der Waals surface area contributed by atoms with Crippen LogP contribution in [0.4, 0.5) is 9.52 Å². The van der Waals surface area contributed by atoms with Crippen LogP contribution in [-0.4, -0.2) is 38.5 Å². The first-order chi connectivity index (χ1) is 14.0. The molecule has 4 aromatic rings. The molecule has 0 unspecified atom stereocenters. The number of carbonyl (C=O) groups is 1. The average Bonchev–Trinajstić information content (AvgIpc) is 3.28. The summed E-state index contributed by atoms with van der Waals surface area (Å²) in [4.78, 5) is 16.6. The molecule has 0 atom stereocenters. The third-order valence-corrected chi connectivity index (χ3v) is 6.07. The van der Waals surface area contributed by atoms with Gasteiger partial charge in [0.15, 0.2) is 16.1 Å². The number of hydrogen-bond donors (Lipinski definition) is 1. The summed E-state index contributed by atoms with van der Waals surface area (Å²) < 4.78 is 21.0. The monoisotopic (exact) mass is 429 g/mol. The molecule has 2 aromatic carbocycles. The van der Waals surface area contributed by atoms with Gasteiger partial charge in [0.1, 0.15) is 11.6 Å². The second-order valence-electron chi connectivity index (χ2n) is 6.06. The molecular formula is C19H16FN5O2S2. The molecule has 0 bridgehead atoms. The maximum absolute atomic E-state index is 13.3. The van der Waals surface area contributed by atoms with Gasteiger partial charge in [0, 0.05) is 12.6 Å². The van der Waals surface area contributed by atoms with E-state index in [0.717, 1.165) is 11.3 Å². The fourth-order valence-corrected chi connectivity index (χ4v) is 4.29. The van der Waals surface area contributed by atoms with Gasteiger partial charge in [-0.3, -0.25) is 4.79 Å². The number of carbonyl (C=O) groups excluding carboxylic acids is 1. The molecule has 0 saturated heterocycles. The molecule has 7 nitrogen and oxygen atoms in total. The van der Waals surface area contributed by atoms with E-state index < -0.39 is 0 Å². The van der Waals surface area contributed by atoms with Crippen LogP contribution in [0.15, 0.2) is 47.6 Å². The third kappa shape index (κ3) is 4.22. The highest BCUT2D eigenvalue weighted by Gasteiger charge is 2.14. The van der Waals surface area contributed by atoms with Crippen molar-refractivity contribution in [2.24, 2.45) is 7.05 Å². The quantitative estimate of drug-likeness (QED) is 0.467. The van der Waals surface area contributed by atoms with Crippen molar-refractivity contribution in [1.82, 2.24) is 19.7 Å². The molecule has 0 aliphatic heterocycles.